The van der Waals surface area contributed by atoms with Gasteiger partial charge in [0.05, 0.1) is 18.7 Å². The summed E-state index contributed by atoms with van der Waals surface area (Å²) < 4.78 is 10.8. The fourth-order valence-electron chi connectivity index (χ4n) is 2.26. The number of pyridine rings is 1. The largest absolute Gasteiger partial charge is 0.493 e. The number of carbonyl (C=O) groups is 1. The van der Waals surface area contributed by atoms with Crippen molar-refractivity contribution >= 4 is 23.6 Å². The first-order valence-electron chi connectivity index (χ1n) is 7.87. The molecule has 0 aliphatic heterocycles. The molecule has 2 rings (SSSR count). The smallest absolute Gasteiger partial charge is 0.246 e. The molecular formula is C19H21ClN2O3. The minimum Gasteiger partial charge on any atom is -0.493 e. The second-order valence-electron chi connectivity index (χ2n) is 5.35. The zero-order chi connectivity index (χ0) is 18.2. The number of nitrogens with zero attached hydrogens (tertiary/aromatic N) is 2. The summed E-state index contributed by atoms with van der Waals surface area (Å²) in [5.74, 6) is 0.928. The molecule has 0 bridgehead atoms. The van der Waals surface area contributed by atoms with Crippen molar-refractivity contribution in [1.82, 2.24) is 9.88 Å². The van der Waals surface area contributed by atoms with Crippen LogP contribution in [0.15, 0.2) is 42.7 Å². The van der Waals surface area contributed by atoms with E-state index in [4.69, 9.17) is 21.1 Å². The molecule has 1 aromatic heterocycles. The number of likely N-dealkylation sites (N-methyl/N-ethyl adjacent to an activating group) is 1. The van der Waals surface area contributed by atoms with Crippen LogP contribution >= 0.6 is 11.6 Å². The van der Waals surface area contributed by atoms with Gasteiger partial charge < -0.3 is 14.4 Å². The quantitative estimate of drug-likeness (QED) is 0.704. The lowest BCUT2D eigenvalue weighted by molar-refractivity contribution is -0.125. The van der Waals surface area contributed by atoms with E-state index in [0.29, 0.717) is 29.7 Å². The minimum atomic E-state index is -0.110. The maximum absolute atomic E-state index is 12.3. The van der Waals surface area contributed by atoms with E-state index >= 15 is 0 Å². The van der Waals surface area contributed by atoms with E-state index in [-0.39, 0.29) is 5.91 Å². The van der Waals surface area contributed by atoms with Gasteiger partial charge in [0.1, 0.15) is 0 Å². The third-order valence-corrected chi connectivity index (χ3v) is 3.78. The molecule has 132 valence electrons. The van der Waals surface area contributed by atoms with Gasteiger partial charge in [-0.2, -0.15) is 0 Å². The summed E-state index contributed by atoms with van der Waals surface area (Å²) in [7, 11) is 3.30. The number of ether oxygens (including phenoxy) is 2. The lowest BCUT2D eigenvalue weighted by Crippen LogP contribution is -2.24. The highest BCUT2D eigenvalue weighted by Crippen LogP contribution is 2.36. The first-order valence-corrected chi connectivity index (χ1v) is 8.25. The summed E-state index contributed by atoms with van der Waals surface area (Å²) in [5.41, 5.74) is 1.78. The highest BCUT2D eigenvalue weighted by Gasteiger charge is 2.11. The fourth-order valence-corrected chi connectivity index (χ4v) is 2.53. The summed E-state index contributed by atoms with van der Waals surface area (Å²) in [6, 6.07) is 7.28. The maximum atomic E-state index is 12.3. The molecule has 0 saturated heterocycles. The molecule has 1 amide bonds. The molecule has 0 saturated carbocycles. The maximum Gasteiger partial charge on any atom is 0.246 e. The van der Waals surface area contributed by atoms with Crippen molar-refractivity contribution in [1.29, 1.82) is 0 Å². The molecule has 2 aromatic rings. The minimum absolute atomic E-state index is 0.110. The van der Waals surface area contributed by atoms with Gasteiger partial charge in [-0.05, 0) is 48.4 Å². The van der Waals surface area contributed by atoms with Crippen molar-refractivity contribution in [2.75, 3.05) is 20.8 Å². The molecule has 25 heavy (non-hydrogen) atoms. The van der Waals surface area contributed by atoms with Crippen LogP contribution in [-0.2, 0) is 11.3 Å². The number of amides is 1. The molecule has 0 radical (unpaired) electrons. The first-order chi connectivity index (χ1) is 12.0. The van der Waals surface area contributed by atoms with Crippen molar-refractivity contribution in [3.63, 3.8) is 0 Å². The molecule has 5 nitrogen and oxygen atoms in total. The van der Waals surface area contributed by atoms with Crippen LogP contribution in [0.25, 0.3) is 6.08 Å². The Balaban J connectivity index is 2.10. The van der Waals surface area contributed by atoms with Gasteiger partial charge in [-0.15, -0.1) is 0 Å². The molecule has 0 unspecified atom stereocenters. The zero-order valence-corrected chi connectivity index (χ0v) is 15.3. The average Bonchev–Trinajstić information content (AvgIpc) is 2.62. The molecule has 6 heteroatoms. The molecule has 0 atom stereocenters. The second-order valence-corrected chi connectivity index (χ2v) is 5.76. The van der Waals surface area contributed by atoms with Gasteiger partial charge in [-0.1, -0.05) is 11.6 Å². The summed E-state index contributed by atoms with van der Waals surface area (Å²) in [4.78, 5) is 17.9. The summed E-state index contributed by atoms with van der Waals surface area (Å²) in [5, 5.41) is 0.443. The van der Waals surface area contributed by atoms with Crippen LogP contribution in [0.3, 0.4) is 0 Å². The fraction of sp³-hybridized carbons (Fsp3) is 0.263. The predicted octanol–water partition coefficient (Wildman–Crippen LogP) is 3.81. The molecule has 0 aliphatic rings. The van der Waals surface area contributed by atoms with E-state index in [9.17, 15) is 4.79 Å². The van der Waals surface area contributed by atoms with Gasteiger partial charge >= 0.3 is 0 Å². The molecule has 0 fully saturated rings. The first kappa shape index (κ1) is 18.8. The van der Waals surface area contributed by atoms with Crippen molar-refractivity contribution in [3.05, 3.63) is 58.9 Å². The van der Waals surface area contributed by atoms with E-state index in [1.165, 1.54) is 6.08 Å². The van der Waals surface area contributed by atoms with Gasteiger partial charge in [0.2, 0.25) is 5.91 Å². The number of benzene rings is 1. The van der Waals surface area contributed by atoms with Gasteiger partial charge in [0.15, 0.2) is 11.5 Å². The number of halogens is 1. The van der Waals surface area contributed by atoms with Crippen molar-refractivity contribution < 1.29 is 14.3 Å². The van der Waals surface area contributed by atoms with Crippen molar-refractivity contribution in [3.8, 4) is 11.5 Å². The van der Waals surface area contributed by atoms with E-state index in [1.54, 1.807) is 49.7 Å². The number of rotatable bonds is 7. The zero-order valence-electron chi connectivity index (χ0n) is 14.5. The van der Waals surface area contributed by atoms with E-state index < -0.39 is 0 Å². The standard InChI is InChI=1S/C19H21ClN2O3/c1-4-25-19-16(20)11-15(12-17(19)24-3)5-6-18(23)22(2)13-14-7-9-21-10-8-14/h5-12H,4,13H2,1-3H3/b6-5+. The number of aromatic nitrogens is 1. The Morgan fingerprint density at radius 3 is 2.68 bits per heavy atom. The van der Waals surface area contributed by atoms with Crippen LogP contribution < -0.4 is 9.47 Å². The Hall–Kier alpha value is -2.53. The number of carbonyl (C=O) groups excluding carboxylic acids is 1. The molecule has 1 aromatic carbocycles. The Morgan fingerprint density at radius 2 is 2.04 bits per heavy atom. The van der Waals surface area contributed by atoms with Gasteiger partial charge in [-0.3, -0.25) is 9.78 Å². The highest BCUT2D eigenvalue weighted by atomic mass is 35.5. The molecule has 0 N–H and O–H groups in total. The normalized spacial score (nSPS) is 10.7. The third kappa shape index (κ3) is 5.22. The summed E-state index contributed by atoms with van der Waals surface area (Å²) in [6.07, 6.45) is 6.62. The highest BCUT2D eigenvalue weighted by molar-refractivity contribution is 6.32. The van der Waals surface area contributed by atoms with Crippen LogP contribution in [0.5, 0.6) is 11.5 Å². The topological polar surface area (TPSA) is 51.7 Å². The summed E-state index contributed by atoms with van der Waals surface area (Å²) >= 11 is 6.24. The average molecular weight is 361 g/mol. The third-order valence-electron chi connectivity index (χ3n) is 3.50. The SMILES string of the molecule is CCOc1c(Cl)cc(/C=C/C(=O)N(C)Cc2ccncc2)cc1OC. The van der Waals surface area contributed by atoms with Crippen LogP contribution in [0.1, 0.15) is 18.1 Å². The molecular weight excluding hydrogens is 340 g/mol. The monoisotopic (exact) mass is 360 g/mol. The van der Waals surface area contributed by atoms with Gasteiger partial charge in [0.25, 0.3) is 0 Å². The van der Waals surface area contributed by atoms with Gasteiger partial charge in [-0.25, -0.2) is 0 Å². The van der Waals surface area contributed by atoms with E-state index in [2.05, 4.69) is 4.98 Å². The van der Waals surface area contributed by atoms with Crippen LogP contribution in [0, 0.1) is 0 Å². The second kappa shape index (κ2) is 9.08. The van der Waals surface area contributed by atoms with E-state index in [1.807, 2.05) is 19.1 Å². The number of methoxy groups -OCH3 is 1. The molecule has 0 aliphatic carbocycles. The van der Waals surface area contributed by atoms with Crippen LogP contribution in [-0.4, -0.2) is 36.6 Å². The predicted molar refractivity (Wildman–Crippen MR) is 98.9 cm³/mol. The van der Waals surface area contributed by atoms with Crippen molar-refractivity contribution in [2.24, 2.45) is 0 Å². The van der Waals surface area contributed by atoms with Crippen LogP contribution in [0.2, 0.25) is 5.02 Å². The Kier molecular flexibility index (Phi) is 6.83. The van der Waals surface area contributed by atoms with Crippen molar-refractivity contribution in [2.45, 2.75) is 13.5 Å². The lowest BCUT2D eigenvalue weighted by atomic mass is 10.1. The Morgan fingerprint density at radius 1 is 1.32 bits per heavy atom. The molecule has 1 heterocycles. The summed E-state index contributed by atoms with van der Waals surface area (Å²) in [6.45, 7) is 2.88. The Labute approximate surface area is 152 Å². The van der Waals surface area contributed by atoms with E-state index in [0.717, 1.165) is 11.1 Å². The molecule has 0 spiro atoms. The van der Waals surface area contributed by atoms with Crippen LogP contribution in [0.4, 0.5) is 0 Å². The lowest BCUT2D eigenvalue weighted by Gasteiger charge is -2.15. The Bertz CT molecular complexity index is 748. The number of hydrogen-bond donors (Lipinski definition) is 0. The number of hydrogen-bond acceptors (Lipinski definition) is 4. The van der Waals surface area contributed by atoms with Gasteiger partial charge in [0, 0.05) is 32.1 Å².